The van der Waals surface area contributed by atoms with Gasteiger partial charge in [0.05, 0.1) is 5.69 Å². The van der Waals surface area contributed by atoms with Crippen molar-refractivity contribution in [1.82, 2.24) is 9.78 Å². The first-order valence-corrected chi connectivity index (χ1v) is 6.34. The summed E-state index contributed by atoms with van der Waals surface area (Å²) in [4.78, 5) is 0. The van der Waals surface area contributed by atoms with E-state index in [1.807, 2.05) is 24.9 Å². The third-order valence-electron chi connectivity index (χ3n) is 2.64. The molecular formula is C13H16BrN3. The number of benzene rings is 1. The van der Waals surface area contributed by atoms with E-state index in [2.05, 4.69) is 51.5 Å². The van der Waals surface area contributed by atoms with Crippen LogP contribution in [0.1, 0.15) is 16.8 Å². The molecule has 4 heteroatoms. The van der Waals surface area contributed by atoms with E-state index in [0.717, 1.165) is 22.4 Å². The van der Waals surface area contributed by atoms with Gasteiger partial charge in [-0.05, 0) is 37.6 Å². The zero-order chi connectivity index (χ0) is 12.4. The van der Waals surface area contributed by atoms with Crippen LogP contribution in [0, 0.1) is 13.8 Å². The van der Waals surface area contributed by atoms with Gasteiger partial charge in [0.15, 0.2) is 0 Å². The number of rotatable bonds is 3. The Labute approximate surface area is 110 Å². The minimum absolute atomic E-state index is 0.801. The zero-order valence-corrected chi connectivity index (χ0v) is 11.9. The van der Waals surface area contributed by atoms with Crippen molar-refractivity contribution < 1.29 is 0 Å². The molecule has 0 aliphatic rings. The van der Waals surface area contributed by atoms with Crippen molar-refractivity contribution in [3.05, 3.63) is 45.7 Å². The van der Waals surface area contributed by atoms with Crippen molar-refractivity contribution >= 4 is 21.6 Å². The SMILES string of the molecule is Cc1cc(Br)cc(NCc2cn(C)nc2C)c1. The average molecular weight is 294 g/mol. The van der Waals surface area contributed by atoms with E-state index < -0.39 is 0 Å². The van der Waals surface area contributed by atoms with Crippen LogP contribution < -0.4 is 5.32 Å². The Bertz CT molecular complexity index is 511. The highest BCUT2D eigenvalue weighted by Gasteiger charge is 2.03. The van der Waals surface area contributed by atoms with Crippen LogP contribution in [-0.4, -0.2) is 9.78 Å². The van der Waals surface area contributed by atoms with Gasteiger partial charge < -0.3 is 5.32 Å². The number of aryl methyl sites for hydroxylation is 3. The summed E-state index contributed by atoms with van der Waals surface area (Å²) in [5.74, 6) is 0. The topological polar surface area (TPSA) is 29.9 Å². The molecule has 0 bridgehead atoms. The van der Waals surface area contributed by atoms with E-state index in [0.29, 0.717) is 0 Å². The monoisotopic (exact) mass is 293 g/mol. The van der Waals surface area contributed by atoms with Crippen LogP contribution in [0.2, 0.25) is 0 Å². The molecule has 1 aromatic heterocycles. The quantitative estimate of drug-likeness (QED) is 0.940. The fraction of sp³-hybridized carbons (Fsp3) is 0.308. The Balaban J connectivity index is 2.09. The summed E-state index contributed by atoms with van der Waals surface area (Å²) in [7, 11) is 1.94. The van der Waals surface area contributed by atoms with E-state index in [9.17, 15) is 0 Å². The van der Waals surface area contributed by atoms with Crippen LogP contribution in [0.4, 0.5) is 5.69 Å². The standard InChI is InChI=1S/C13H16BrN3/c1-9-4-12(14)6-13(5-9)15-7-11-8-17(3)16-10(11)2/h4-6,8,15H,7H2,1-3H3. The summed E-state index contributed by atoms with van der Waals surface area (Å²) in [5.41, 5.74) is 4.67. The molecule has 2 aromatic rings. The summed E-state index contributed by atoms with van der Waals surface area (Å²) in [6, 6.07) is 6.32. The lowest BCUT2D eigenvalue weighted by atomic mass is 10.2. The predicted molar refractivity (Wildman–Crippen MR) is 74.2 cm³/mol. The van der Waals surface area contributed by atoms with Crippen molar-refractivity contribution in [2.24, 2.45) is 7.05 Å². The molecule has 2 rings (SSSR count). The lowest BCUT2D eigenvalue weighted by molar-refractivity contribution is 0.756. The van der Waals surface area contributed by atoms with Crippen LogP contribution in [-0.2, 0) is 13.6 Å². The molecule has 1 heterocycles. The van der Waals surface area contributed by atoms with Gasteiger partial charge in [-0.1, -0.05) is 15.9 Å². The molecule has 90 valence electrons. The fourth-order valence-electron chi connectivity index (χ4n) is 1.86. The first kappa shape index (κ1) is 12.2. The number of nitrogens with zero attached hydrogens (tertiary/aromatic N) is 2. The molecule has 3 nitrogen and oxygen atoms in total. The van der Waals surface area contributed by atoms with Crippen LogP contribution in [0.5, 0.6) is 0 Å². The second kappa shape index (κ2) is 4.92. The summed E-state index contributed by atoms with van der Waals surface area (Å²) < 4.78 is 2.95. The third-order valence-corrected chi connectivity index (χ3v) is 3.10. The summed E-state index contributed by atoms with van der Waals surface area (Å²) in [6.07, 6.45) is 2.05. The molecular weight excluding hydrogens is 278 g/mol. The summed E-state index contributed by atoms with van der Waals surface area (Å²) >= 11 is 3.50. The smallest absolute Gasteiger partial charge is 0.0643 e. The third kappa shape index (κ3) is 3.09. The van der Waals surface area contributed by atoms with Gasteiger partial charge in [-0.15, -0.1) is 0 Å². The molecule has 0 unspecified atom stereocenters. The van der Waals surface area contributed by atoms with Crippen LogP contribution in [0.15, 0.2) is 28.9 Å². The molecule has 0 aliphatic heterocycles. The number of hydrogen-bond donors (Lipinski definition) is 1. The van der Waals surface area contributed by atoms with E-state index in [-0.39, 0.29) is 0 Å². The van der Waals surface area contributed by atoms with Crippen molar-refractivity contribution in [2.45, 2.75) is 20.4 Å². The number of aromatic nitrogens is 2. The van der Waals surface area contributed by atoms with Crippen molar-refractivity contribution in [2.75, 3.05) is 5.32 Å². The maximum Gasteiger partial charge on any atom is 0.0643 e. The largest absolute Gasteiger partial charge is 0.381 e. The van der Waals surface area contributed by atoms with E-state index >= 15 is 0 Å². The van der Waals surface area contributed by atoms with Crippen LogP contribution >= 0.6 is 15.9 Å². The second-order valence-corrected chi connectivity index (χ2v) is 5.20. The Morgan fingerprint density at radius 1 is 1.29 bits per heavy atom. The average Bonchev–Trinajstić information content (AvgIpc) is 2.53. The Morgan fingerprint density at radius 2 is 2.06 bits per heavy atom. The van der Waals surface area contributed by atoms with Crippen LogP contribution in [0.3, 0.4) is 0 Å². The summed E-state index contributed by atoms with van der Waals surface area (Å²) in [5, 5.41) is 7.74. The first-order chi connectivity index (χ1) is 8.04. The van der Waals surface area contributed by atoms with E-state index in [1.165, 1.54) is 11.1 Å². The maximum absolute atomic E-state index is 4.33. The van der Waals surface area contributed by atoms with Crippen molar-refractivity contribution in [3.8, 4) is 0 Å². The Kier molecular flexibility index (Phi) is 3.52. The van der Waals surface area contributed by atoms with Gasteiger partial charge in [0.2, 0.25) is 0 Å². The van der Waals surface area contributed by atoms with Gasteiger partial charge in [-0.3, -0.25) is 4.68 Å². The number of halogens is 1. The summed E-state index contributed by atoms with van der Waals surface area (Å²) in [6.45, 7) is 4.92. The van der Waals surface area contributed by atoms with Crippen molar-refractivity contribution in [1.29, 1.82) is 0 Å². The zero-order valence-electron chi connectivity index (χ0n) is 10.3. The molecule has 0 amide bonds. The Morgan fingerprint density at radius 3 is 2.65 bits per heavy atom. The molecule has 0 fully saturated rings. The number of nitrogens with one attached hydrogen (secondary N) is 1. The van der Waals surface area contributed by atoms with Gasteiger partial charge in [0, 0.05) is 35.5 Å². The highest BCUT2D eigenvalue weighted by Crippen LogP contribution is 2.20. The highest BCUT2D eigenvalue weighted by atomic mass is 79.9. The Hall–Kier alpha value is -1.29. The van der Waals surface area contributed by atoms with Gasteiger partial charge in [-0.25, -0.2) is 0 Å². The molecule has 1 N–H and O–H groups in total. The van der Waals surface area contributed by atoms with Crippen LogP contribution in [0.25, 0.3) is 0 Å². The van der Waals surface area contributed by atoms with Gasteiger partial charge >= 0.3 is 0 Å². The normalized spacial score (nSPS) is 10.6. The predicted octanol–water partition coefficient (Wildman–Crippen LogP) is 3.41. The molecule has 0 spiro atoms. The van der Waals surface area contributed by atoms with Gasteiger partial charge in [0.25, 0.3) is 0 Å². The number of hydrogen-bond acceptors (Lipinski definition) is 2. The molecule has 1 aromatic carbocycles. The molecule has 17 heavy (non-hydrogen) atoms. The number of anilines is 1. The minimum atomic E-state index is 0.801. The molecule has 0 atom stereocenters. The van der Waals surface area contributed by atoms with Crippen molar-refractivity contribution in [3.63, 3.8) is 0 Å². The molecule has 0 saturated heterocycles. The first-order valence-electron chi connectivity index (χ1n) is 5.55. The molecule has 0 saturated carbocycles. The second-order valence-electron chi connectivity index (χ2n) is 4.28. The van der Waals surface area contributed by atoms with Gasteiger partial charge in [-0.2, -0.15) is 5.10 Å². The fourth-order valence-corrected chi connectivity index (χ4v) is 2.47. The molecule has 0 aliphatic carbocycles. The highest BCUT2D eigenvalue weighted by molar-refractivity contribution is 9.10. The van der Waals surface area contributed by atoms with Gasteiger partial charge in [0.1, 0.15) is 0 Å². The minimum Gasteiger partial charge on any atom is -0.381 e. The molecule has 0 radical (unpaired) electrons. The lowest BCUT2D eigenvalue weighted by Crippen LogP contribution is -2.00. The van der Waals surface area contributed by atoms with E-state index in [4.69, 9.17) is 0 Å². The van der Waals surface area contributed by atoms with E-state index in [1.54, 1.807) is 0 Å². The lowest BCUT2D eigenvalue weighted by Gasteiger charge is -2.07. The maximum atomic E-state index is 4.33.